The summed E-state index contributed by atoms with van der Waals surface area (Å²) in [4.78, 5) is 24.4. The van der Waals surface area contributed by atoms with Crippen LogP contribution in [-0.2, 0) is 20.6 Å². The van der Waals surface area contributed by atoms with Crippen molar-refractivity contribution < 1.29 is 22.4 Å². The SMILES string of the molecule is O=C1CNC(=O)N1[C@@H]1CCN(S(=O)(=O)Cc2ccccc2F)C1. The Morgan fingerprint density at radius 2 is 2.00 bits per heavy atom. The van der Waals surface area contributed by atoms with Gasteiger partial charge in [0.1, 0.15) is 5.82 Å². The Morgan fingerprint density at radius 3 is 2.65 bits per heavy atom. The molecule has 2 fully saturated rings. The molecule has 2 saturated heterocycles. The monoisotopic (exact) mass is 341 g/mol. The molecule has 7 nitrogen and oxygen atoms in total. The molecule has 0 bridgehead atoms. The van der Waals surface area contributed by atoms with E-state index in [0.717, 1.165) is 4.90 Å². The Labute approximate surface area is 133 Å². The molecule has 0 spiro atoms. The predicted molar refractivity (Wildman–Crippen MR) is 79.2 cm³/mol. The number of urea groups is 1. The standard InChI is InChI=1S/C14H16FN3O4S/c15-12-4-2-1-3-10(12)9-23(21,22)17-6-5-11(8-17)18-13(19)7-16-14(18)20/h1-4,11H,5-9H2,(H,16,20)/t11-/m1/s1. The highest BCUT2D eigenvalue weighted by Gasteiger charge is 2.41. The summed E-state index contributed by atoms with van der Waals surface area (Å²) in [5.74, 6) is -1.36. The van der Waals surface area contributed by atoms with Gasteiger partial charge in [-0.25, -0.2) is 17.6 Å². The number of hydrogen-bond acceptors (Lipinski definition) is 4. The van der Waals surface area contributed by atoms with Crippen LogP contribution in [0.5, 0.6) is 0 Å². The highest BCUT2D eigenvalue weighted by molar-refractivity contribution is 7.88. The highest BCUT2D eigenvalue weighted by Crippen LogP contribution is 2.23. The minimum Gasteiger partial charge on any atom is -0.329 e. The van der Waals surface area contributed by atoms with Gasteiger partial charge in [0, 0.05) is 18.7 Å². The second-order valence-electron chi connectivity index (χ2n) is 5.57. The summed E-state index contributed by atoms with van der Waals surface area (Å²) in [5.41, 5.74) is 0.103. The lowest BCUT2D eigenvalue weighted by Crippen LogP contribution is -2.43. The lowest BCUT2D eigenvalue weighted by atomic mass is 10.2. The van der Waals surface area contributed by atoms with Gasteiger partial charge in [0.25, 0.3) is 0 Å². The molecule has 0 aliphatic carbocycles. The van der Waals surface area contributed by atoms with Crippen molar-refractivity contribution in [2.45, 2.75) is 18.2 Å². The van der Waals surface area contributed by atoms with Crippen LogP contribution in [-0.4, -0.2) is 55.2 Å². The number of benzene rings is 1. The molecule has 0 aromatic heterocycles. The van der Waals surface area contributed by atoms with Crippen LogP contribution in [0.2, 0.25) is 0 Å². The normalized spacial score (nSPS) is 22.7. The van der Waals surface area contributed by atoms with E-state index in [1.165, 1.54) is 22.5 Å². The largest absolute Gasteiger partial charge is 0.329 e. The molecule has 0 unspecified atom stereocenters. The first kappa shape index (κ1) is 15.9. The number of carbonyl (C=O) groups excluding carboxylic acids is 2. The van der Waals surface area contributed by atoms with Gasteiger partial charge in [0.05, 0.1) is 18.3 Å². The Morgan fingerprint density at radius 1 is 1.26 bits per heavy atom. The zero-order chi connectivity index (χ0) is 16.6. The molecular weight excluding hydrogens is 325 g/mol. The summed E-state index contributed by atoms with van der Waals surface area (Å²) in [7, 11) is -3.71. The van der Waals surface area contributed by atoms with Gasteiger partial charge < -0.3 is 5.32 Å². The number of rotatable bonds is 4. The summed E-state index contributed by atoms with van der Waals surface area (Å²) in [6.07, 6.45) is 0.385. The maximum atomic E-state index is 13.6. The topological polar surface area (TPSA) is 86.8 Å². The fraction of sp³-hybridized carbons (Fsp3) is 0.429. The van der Waals surface area contributed by atoms with E-state index in [0.29, 0.717) is 6.42 Å². The maximum Gasteiger partial charge on any atom is 0.324 e. The van der Waals surface area contributed by atoms with Gasteiger partial charge in [0.15, 0.2) is 0 Å². The van der Waals surface area contributed by atoms with Crippen LogP contribution >= 0.6 is 0 Å². The van der Waals surface area contributed by atoms with Crippen molar-refractivity contribution in [2.24, 2.45) is 0 Å². The average Bonchev–Trinajstić information content (AvgIpc) is 3.09. The molecule has 2 aliphatic heterocycles. The van der Waals surface area contributed by atoms with Crippen LogP contribution in [0.3, 0.4) is 0 Å². The third kappa shape index (κ3) is 3.06. The third-order valence-electron chi connectivity index (χ3n) is 4.06. The van der Waals surface area contributed by atoms with Gasteiger partial charge in [-0.3, -0.25) is 9.69 Å². The van der Waals surface area contributed by atoms with E-state index < -0.39 is 33.7 Å². The van der Waals surface area contributed by atoms with Crippen LogP contribution < -0.4 is 5.32 Å². The number of hydrogen-bond donors (Lipinski definition) is 1. The number of imide groups is 1. The zero-order valence-electron chi connectivity index (χ0n) is 12.2. The maximum absolute atomic E-state index is 13.6. The Hall–Kier alpha value is -2.00. The van der Waals surface area contributed by atoms with E-state index >= 15 is 0 Å². The van der Waals surface area contributed by atoms with E-state index in [1.807, 2.05) is 0 Å². The Bertz CT molecular complexity index is 736. The number of halogens is 1. The summed E-state index contributed by atoms with van der Waals surface area (Å²) in [6, 6.07) is 4.75. The number of carbonyl (C=O) groups is 2. The van der Waals surface area contributed by atoms with Crippen molar-refractivity contribution in [3.05, 3.63) is 35.6 Å². The van der Waals surface area contributed by atoms with Crippen molar-refractivity contribution in [3.63, 3.8) is 0 Å². The first-order chi connectivity index (χ1) is 10.9. The van der Waals surface area contributed by atoms with E-state index in [2.05, 4.69) is 5.32 Å². The van der Waals surface area contributed by atoms with Crippen molar-refractivity contribution in [3.8, 4) is 0 Å². The molecule has 0 radical (unpaired) electrons. The Kier molecular flexibility index (Phi) is 4.07. The van der Waals surface area contributed by atoms with Crippen molar-refractivity contribution in [2.75, 3.05) is 19.6 Å². The predicted octanol–water partition coefficient (Wildman–Crippen LogP) is 0.282. The lowest BCUT2D eigenvalue weighted by molar-refractivity contribution is -0.126. The molecule has 1 atom stereocenters. The number of nitrogens with zero attached hydrogens (tertiary/aromatic N) is 2. The summed E-state index contributed by atoms with van der Waals surface area (Å²) < 4.78 is 39.7. The van der Waals surface area contributed by atoms with Crippen LogP contribution in [0.4, 0.5) is 9.18 Å². The molecule has 124 valence electrons. The van der Waals surface area contributed by atoms with Gasteiger partial charge >= 0.3 is 6.03 Å². The highest BCUT2D eigenvalue weighted by atomic mass is 32.2. The second-order valence-corrected chi connectivity index (χ2v) is 7.54. The van der Waals surface area contributed by atoms with Gasteiger partial charge in [-0.1, -0.05) is 18.2 Å². The number of amides is 3. The molecule has 9 heteroatoms. The van der Waals surface area contributed by atoms with E-state index in [4.69, 9.17) is 0 Å². The second kappa shape index (κ2) is 5.89. The number of sulfonamides is 1. The average molecular weight is 341 g/mol. The summed E-state index contributed by atoms with van der Waals surface area (Å²) in [5, 5.41) is 2.42. The lowest BCUT2D eigenvalue weighted by Gasteiger charge is -2.21. The first-order valence-electron chi connectivity index (χ1n) is 7.19. The molecule has 1 aromatic rings. The van der Waals surface area contributed by atoms with Crippen molar-refractivity contribution >= 4 is 22.0 Å². The summed E-state index contributed by atoms with van der Waals surface area (Å²) >= 11 is 0. The molecule has 1 N–H and O–H groups in total. The zero-order valence-corrected chi connectivity index (χ0v) is 13.1. The minimum absolute atomic E-state index is 0.0515. The van der Waals surface area contributed by atoms with Crippen LogP contribution in [0, 0.1) is 5.82 Å². The van der Waals surface area contributed by atoms with Gasteiger partial charge in [0.2, 0.25) is 15.9 Å². The van der Waals surface area contributed by atoms with E-state index in [-0.39, 0.29) is 31.1 Å². The smallest absolute Gasteiger partial charge is 0.324 e. The molecule has 3 amide bonds. The Balaban J connectivity index is 1.72. The first-order valence-corrected chi connectivity index (χ1v) is 8.80. The van der Waals surface area contributed by atoms with E-state index in [1.54, 1.807) is 6.07 Å². The van der Waals surface area contributed by atoms with Crippen LogP contribution in [0.1, 0.15) is 12.0 Å². The molecular formula is C14H16FN3O4S. The molecule has 23 heavy (non-hydrogen) atoms. The van der Waals surface area contributed by atoms with Gasteiger partial charge in [-0.15, -0.1) is 0 Å². The molecule has 1 aromatic carbocycles. The fourth-order valence-electron chi connectivity index (χ4n) is 2.88. The molecule has 0 saturated carbocycles. The molecule has 2 heterocycles. The number of nitrogens with one attached hydrogen (secondary N) is 1. The molecule has 2 aliphatic rings. The molecule has 3 rings (SSSR count). The van der Waals surface area contributed by atoms with Crippen LogP contribution in [0.25, 0.3) is 0 Å². The fourth-order valence-corrected chi connectivity index (χ4v) is 4.47. The third-order valence-corrected chi connectivity index (χ3v) is 5.85. The van der Waals surface area contributed by atoms with E-state index in [9.17, 15) is 22.4 Å². The van der Waals surface area contributed by atoms with Crippen molar-refractivity contribution in [1.82, 2.24) is 14.5 Å². The van der Waals surface area contributed by atoms with Crippen LogP contribution in [0.15, 0.2) is 24.3 Å². The minimum atomic E-state index is -3.71. The van der Waals surface area contributed by atoms with Gasteiger partial charge in [-0.05, 0) is 12.5 Å². The van der Waals surface area contributed by atoms with Gasteiger partial charge in [-0.2, -0.15) is 4.31 Å². The van der Waals surface area contributed by atoms with Crippen molar-refractivity contribution in [1.29, 1.82) is 0 Å². The quantitative estimate of drug-likeness (QED) is 0.797. The summed E-state index contributed by atoms with van der Waals surface area (Å²) in [6.45, 7) is 0.200.